The maximum Gasteiger partial charge on any atom is 0.265 e. The van der Waals surface area contributed by atoms with E-state index >= 15 is 0 Å². The third kappa shape index (κ3) is 5.76. The number of ether oxygens (including phenoxy) is 6. The number of anilines is 4. The Bertz CT molecular complexity index is 1220. The molecule has 2 heterocycles. The molecule has 0 saturated heterocycles. The fraction of sp³-hybridized carbons (Fsp3) is 0.345. The van der Waals surface area contributed by atoms with Gasteiger partial charge in [-0.15, -0.1) is 0 Å². The summed E-state index contributed by atoms with van der Waals surface area (Å²) in [6, 6.07) is 20.7. The summed E-state index contributed by atoms with van der Waals surface area (Å²) in [7, 11) is 1.54. The molecule has 3 aromatic carbocycles. The largest absolute Gasteiger partial charge is 0.489 e. The summed E-state index contributed by atoms with van der Waals surface area (Å²) >= 11 is 0. The second kappa shape index (κ2) is 12.7. The zero-order chi connectivity index (χ0) is 26.2. The van der Waals surface area contributed by atoms with Crippen molar-refractivity contribution in [3.8, 4) is 11.5 Å². The van der Waals surface area contributed by atoms with E-state index in [4.69, 9.17) is 28.4 Å². The van der Waals surface area contributed by atoms with Gasteiger partial charge in [0.15, 0.2) is 6.10 Å². The number of nitrogens with one attached hydrogen (secondary N) is 1. The van der Waals surface area contributed by atoms with Gasteiger partial charge in [-0.2, -0.15) is 0 Å². The summed E-state index contributed by atoms with van der Waals surface area (Å²) in [4.78, 5) is 15.9. The van der Waals surface area contributed by atoms with Crippen LogP contribution >= 0.6 is 0 Å². The molecule has 0 aliphatic carbocycles. The van der Waals surface area contributed by atoms with Gasteiger partial charge in [0.2, 0.25) is 0 Å². The number of carbonyl (C=O) groups is 1. The van der Waals surface area contributed by atoms with E-state index < -0.39 is 6.10 Å². The van der Waals surface area contributed by atoms with Gasteiger partial charge in [0.05, 0.1) is 51.0 Å². The van der Waals surface area contributed by atoms with Crippen LogP contribution in [-0.2, 0) is 23.7 Å². The van der Waals surface area contributed by atoms with Crippen molar-refractivity contribution in [1.29, 1.82) is 0 Å². The Hall–Kier alpha value is -3.63. The van der Waals surface area contributed by atoms with Gasteiger partial charge in [0, 0.05) is 7.11 Å². The molecule has 1 N–H and O–H groups in total. The first-order valence-corrected chi connectivity index (χ1v) is 12.7. The molecule has 0 radical (unpaired) electrons. The van der Waals surface area contributed by atoms with Crippen LogP contribution in [0.15, 0.2) is 66.7 Å². The number of hydrogen-bond donors (Lipinski definition) is 1. The van der Waals surface area contributed by atoms with Crippen LogP contribution in [-0.4, -0.2) is 65.9 Å². The van der Waals surface area contributed by atoms with E-state index in [0.29, 0.717) is 87.1 Å². The van der Waals surface area contributed by atoms with Crippen LogP contribution in [0.25, 0.3) is 0 Å². The predicted molar refractivity (Wildman–Crippen MR) is 143 cm³/mol. The molecule has 9 nitrogen and oxygen atoms in total. The van der Waals surface area contributed by atoms with E-state index in [1.807, 2.05) is 66.7 Å². The second-order valence-corrected chi connectivity index (χ2v) is 8.66. The first-order chi connectivity index (χ1) is 18.8. The Kier molecular flexibility index (Phi) is 8.72. The molecule has 5 rings (SSSR count). The summed E-state index contributed by atoms with van der Waals surface area (Å²) in [5, 5.41) is 3.46. The Morgan fingerprint density at radius 3 is 2.05 bits per heavy atom. The number of methoxy groups -OCH3 is 1. The first kappa shape index (κ1) is 26.0. The average molecular weight is 521 g/mol. The van der Waals surface area contributed by atoms with Gasteiger partial charge in [-0.1, -0.05) is 42.5 Å². The van der Waals surface area contributed by atoms with E-state index in [2.05, 4.69) is 5.32 Å². The first-order valence-electron chi connectivity index (χ1n) is 12.7. The highest BCUT2D eigenvalue weighted by Crippen LogP contribution is 2.52. The van der Waals surface area contributed by atoms with Crippen molar-refractivity contribution in [1.82, 2.24) is 0 Å². The molecule has 1 amide bonds. The topological polar surface area (TPSA) is 87.7 Å². The maximum atomic E-state index is 14.3. The van der Waals surface area contributed by atoms with Gasteiger partial charge >= 0.3 is 0 Å². The normalized spacial score (nSPS) is 17.1. The van der Waals surface area contributed by atoms with Crippen molar-refractivity contribution in [2.24, 2.45) is 0 Å². The SMILES string of the molecule is COC(C(=O)N1c2cccc3c2Nc2cccc(c21)OCCOCCOCCOCCO3)c1ccccc1. The van der Waals surface area contributed by atoms with E-state index in [1.165, 1.54) is 7.11 Å². The Morgan fingerprint density at radius 1 is 0.763 bits per heavy atom. The van der Waals surface area contributed by atoms with Crippen molar-refractivity contribution in [3.63, 3.8) is 0 Å². The minimum atomic E-state index is -0.828. The Balaban J connectivity index is 1.56. The third-order valence-corrected chi connectivity index (χ3v) is 6.22. The molecule has 38 heavy (non-hydrogen) atoms. The molecule has 1 unspecified atom stereocenters. The number of carbonyl (C=O) groups excluding carboxylic acids is 1. The zero-order valence-corrected chi connectivity index (χ0v) is 21.4. The molecule has 200 valence electrons. The van der Waals surface area contributed by atoms with Crippen LogP contribution in [0.5, 0.6) is 11.5 Å². The molecule has 0 aromatic heterocycles. The molecule has 0 spiro atoms. The third-order valence-electron chi connectivity index (χ3n) is 6.22. The lowest BCUT2D eigenvalue weighted by atomic mass is 10.0. The van der Waals surface area contributed by atoms with Gasteiger partial charge in [0.25, 0.3) is 5.91 Å². The van der Waals surface area contributed by atoms with Crippen LogP contribution in [0.1, 0.15) is 11.7 Å². The van der Waals surface area contributed by atoms with Crippen LogP contribution in [0.2, 0.25) is 0 Å². The number of rotatable bonds is 3. The summed E-state index contributed by atoms with van der Waals surface area (Å²) in [5.74, 6) is 0.907. The van der Waals surface area contributed by atoms with Crippen molar-refractivity contribution in [2.75, 3.05) is 70.2 Å². The average Bonchev–Trinajstić information content (AvgIpc) is 2.95. The van der Waals surface area contributed by atoms with E-state index in [-0.39, 0.29) is 5.91 Å². The lowest BCUT2D eigenvalue weighted by molar-refractivity contribution is -0.127. The van der Waals surface area contributed by atoms with E-state index in [0.717, 1.165) is 5.56 Å². The highest BCUT2D eigenvalue weighted by atomic mass is 16.6. The smallest absolute Gasteiger partial charge is 0.265 e. The van der Waals surface area contributed by atoms with Crippen LogP contribution < -0.4 is 19.7 Å². The minimum absolute atomic E-state index is 0.251. The molecule has 2 aliphatic heterocycles. The highest BCUT2D eigenvalue weighted by Gasteiger charge is 2.36. The molecule has 2 aliphatic rings. The molecular weight excluding hydrogens is 488 g/mol. The van der Waals surface area contributed by atoms with Crippen molar-refractivity contribution < 1.29 is 33.2 Å². The lowest BCUT2D eigenvalue weighted by Gasteiger charge is -2.36. The van der Waals surface area contributed by atoms with Gasteiger partial charge in [-0.3, -0.25) is 9.69 Å². The minimum Gasteiger partial charge on any atom is -0.489 e. The maximum absolute atomic E-state index is 14.3. The quantitative estimate of drug-likeness (QED) is 0.536. The van der Waals surface area contributed by atoms with Gasteiger partial charge in [0.1, 0.15) is 36.1 Å². The number of amides is 1. The zero-order valence-electron chi connectivity index (χ0n) is 21.4. The molecule has 0 saturated carbocycles. The summed E-state index contributed by atoms with van der Waals surface area (Å²) in [6.45, 7) is 3.31. The standard InChI is InChI=1S/C29H32N2O7/c1-33-28(21-7-3-2-4-8-21)29(32)31-23-10-6-11-24-26(23)30-22-9-5-12-25(27(22)31)38-20-18-36-16-14-34-13-15-35-17-19-37-24/h2-12,28,30H,13-20H2,1H3. The monoisotopic (exact) mass is 520 g/mol. The molecule has 0 fully saturated rings. The number of nitrogens with zero attached hydrogens (tertiary/aromatic N) is 1. The Labute approximate surface area is 222 Å². The van der Waals surface area contributed by atoms with Crippen molar-refractivity contribution >= 4 is 28.7 Å². The van der Waals surface area contributed by atoms with Crippen LogP contribution in [0, 0.1) is 0 Å². The number of hydrogen-bond acceptors (Lipinski definition) is 8. The van der Waals surface area contributed by atoms with Crippen molar-refractivity contribution in [2.45, 2.75) is 6.10 Å². The van der Waals surface area contributed by atoms with Crippen LogP contribution in [0.3, 0.4) is 0 Å². The van der Waals surface area contributed by atoms with E-state index in [9.17, 15) is 4.79 Å². The fourth-order valence-electron chi connectivity index (χ4n) is 4.49. The lowest BCUT2D eigenvalue weighted by Crippen LogP contribution is -2.35. The summed E-state index contributed by atoms with van der Waals surface area (Å²) in [6.07, 6.45) is -0.828. The molecule has 1 atom stereocenters. The summed E-state index contributed by atoms with van der Waals surface area (Å²) < 4.78 is 34.8. The van der Waals surface area contributed by atoms with E-state index in [1.54, 1.807) is 4.90 Å². The molecule has 9 heteroatoms. The number of para-hydroxylation sites is 2. The molecule has 4 bridgehead atoms. The highest BCUT2D eigenvalue weighted by molar-refractivity contribution is 6.13. The summed E-state index contributed by atoms with van der Waals surface area (Å²) in [5.41, 5.74) is 3.39. The molecular formula is C29H32N2O7. The second-order valence-electron chi connectivity index (χ2n) is 8.66. The van der Waals surface area contributed by atoms with Gasteiger partial charge in [-0.05, 0) is 29.8 Å². The van der Waals surface area contributed by atoms with Gasteiger partial charge < -0.3 is 33.7 Å². The Morgan fingerprint density at radius 2 is 1.37 bits per heavy atom. The van der Waals surface area contributed by atoms with Crippen LogP contribution in [0.4, 0.5) is 22.7 Å². The van der Waals surface area contributed by atoms with Gasteiger partial charge in [-0.25, -0.2) is 0 Å². The van der Waals surface area contributed by atoms with Crippen molar-refractivity contribution in [3.05, 3.63) is 72.3 Å². The number of benzene rings is 3. The fourth-order valence-corrected chi connectivity index (χ4v) is 4.49. The molecule has 3 aromatic rings. The predicted octanol–water partition coefficient (Wildman–Crippen LogP) is 4.62.